The molecule has 0 saturated carbocycles. The van der Waals surface area contributed by atoms with Crippen LogP contribution in [-0.4, -0.2) is 52.0 Å². The van der Waals surface area contributed by atoms with Crippen LogP contribution in [0, 0.1) is 0 Å². The molecule has 3 N–H and O–H groups in total. The molecule has 2 rings (SSSR count). The third-order valence-electron chi connectivity index (χ3n) is 3.84. The average Bonchev–Trinajstić information content (AvgIpc) is 2.59. The van der Waals surface area contributed by atoms with Gasteiger partial charge in [0, 0.05) is 24.7 Å². The van der Waals surface area contributed by atoms with E-state index >= 15 is 0 Å². The summed E-state index contributed by atoms with van der Waals surface area (Å²) in [5.74, 6) is 0.737. The molecular formula is C16H25N3O3S2. The van der Waals surface area contributed by atoms with Crippen molar-refractivity contribution in [3.63, 3.8) is 0 Å². The van der Waals surface area contributed by atoms with Crippen molar-refractivity contribution in [1.82, 2.24) is 15.4 Å². The van der Waals surface area contributed by atoms with Gasteiger partial charge in [-0.25, -0.2) is 13.1 Å². The summed E-state index contributed by atoms with van der Waals surface area (Å²) in [7, 11) is -3.62. The standard InChI is InChI=1S/C16H25N3O3S2/c1-23-10-4-9-18-16(20)13-5-2-7-15(11-13)24(21,22)19-14-6-3-8-17-12-14/h2,5,7,11,14,17,19H,3-4,6,8-10,12H2,1H3,(H,18,20)/t14-/m0/s1. The first kappa shape index (κ1) is 19.2. The molecular weight excluding hydrogens is 346 g/mol. The van der Waals surface area contributed by atoms with Crippen molar-refractivity contribution < 1.29 is 13.2 Å². The quantitative estimate of drug-likeness (QED) is 0.598. The van der Waals surface area contributed by atoms with Crippen LogP contribution in [0.25, 0.3) is 0 Å². The van der Waals surface area contributed by atoms with Crippen LogP contribution in [0.2, 0.25) is 0 Å². The Morgan fingerprint density at radius 3 is 2.96 bits per heavy atom. The van der Waals surface area contributed by atoms with Gasteiger partial charge in [0.2, 0.25) is 10.0 Å². The van der Waals surface area contributed by atoms with E-state index in [0.29, 0.717) is 18.7 Å². The molecule has 0 radical (unpaired) electrons. The Kier molecular flexibility index (Phi) is 7.54. The van der Waals surface area contributed by atoms with Gasteiger partial charge < -0.3 is 10.6 Å². The fourth-order valence-electron chi connectivity index (χ4n) is 2.56. The number of thioether (sulfide) groups is 1. The minimum absolute atomic E-state index is 0.104. The molecule has 1 amide bonds. The van der Waals surface area contributed by atoms with Crippen LogP contribution in [0.5, 0.6) is 0 Å². The van der Waals surface area contributed by atoms with Crippen molar-refractivity contribution in [3.8, 4) is 0 Å². The summed E-state index contributed by atoms with van der Waals surface area (Å²) in [6.07, 6.45) is 4.68. The van der Waals surface area contributed by atoms with Crippen molar-refractivity contribution in [2.24, 2.45) is 0 Å². The summed E-state index contributed by atoms with van der Waals surface area (Å²) >= 11 is 1.73. The summed E-state index contributed by atoms with van der Waals surface area (Å²) in [6, 6.07) is 6.08. The number of rotatable bonds is 8. The van der Waals surface area contributed by atoms with E-state index in [-0.39, 0.29) is 16.8 Å². The molecule has 1 saturated heterocycles. The minimum atomic E-state index is -3.62. The lowest BCUT2D eigenvalue weighted by molar-refractivity contribution is 0.0953. The molecule has 24 heavy (non-hydrogen) atoms. The number of carbonyl (C=O) groups excluding carboxylic acids is 1. The topological polar surface area (TPSA) is 87.3 Å². The Hall–Kier alpha value is -1.09. The first-order valence-corrected chi connectivity index (χ1v) is 11.0. The number of amides is 1. The molecule has 1 fully saturated rings. The third-order valence-corrected chi connectivity index (χ3v) is 6.05. The number of hydrogen-bond donors (Lipinski definition) is 3. The Morgan fingerprint density at radius 2 is 2.25 bits per heavy atom. The van der Waals surface area contributed by atoms with E-state index in [4.69, 9.17) is 0 Å². The molecule has 1 aliphatic rings. The van der Waals surface area contributed by atoms with E-state index < -0.39 is 10.0 Å². The van der Waals surface area contributed by atoms with Crippen molar-refractivity contribution in [2.75, 3.05) is 31.6 Å². The molecule has 0 spiro atoms. The van der Waals surface area contributed by atoms with E-state index in [2.05, 4.69) is 15.4 Å². The smallest absolute Gasteiger partial charge is 0.251 e. The summed E-state index contributed by atoms with van der Waals surface area (Å²) < 4.78 is 27.7. The highest BCUT2D eigenvalue weighted by molar-refractivity contribution is 7.98. The van der Waals surface area contributed by atoms with Gasteiger partial charge >= 0.3 is 0 Å². The largest absolute Gasteiger partial charge is 0.352 e. The van der Waals surface area contributed by atoms with Gasteiger partial charge in [-0.1, -0.05) is 6.07 Å². The molecule has 6 nitrogen and oxygen atoms in total. The van der Waals surface area contributed by atoms with Gasteiger partial charge in [0.25, 0.3) is 5.91 Å². The van der Waals surface area contributed by atoms with E-state index in [1.807, 2.05) is 6.26 Å². The van der Waals surface area contributed by atoms with Crippen LogP contribution in [0.1, 0.15) is 29.6 Å². The van der Waals surface area contributed by atoms with Crippen molar-refractivity contribution in [3.05, 3.63) is 29.8 Å². The molecule has 0 aliphatic carbocycles. The van der Waals surface area contributed by atoms with Crippen LogP contribution in [0.3, 0.4) is 0 Å². The lowest BCUT2D eigenvalue weighted by Crippen LogP contribution is -2.45. The van der Waals surface area contributed by atoms with Crippen LogP contribution < -0.4 is 15.4 Å². The summed E-state index contributed by atoms with van der Waals surface area (Å²) in [5.41, 5.74) is 0.365. The first-order chi connectivity index (χ1) is 11.5. The minimum Gasteiger partial charge on any atom is -0.352 e. The lowest BCUT2D eigenvalue weighted by Gasteiger charge is -2.23. The van der Waals surface area contributed by atoms with Gasteiger partial charge in [-0.05, 0) is 56.0 Å². The van der Waals surface area contributed by atoms with Gasteiger partial charge in [-0.15, -0.1) is 0 Å². The number of piperidine rings is 1. The van der Waals surface area contributed by atoms with Gasteiger partial charge in [-0.2, -0.15) is 11.8 Å². The Balaban J connectivity index is 2.01. The predicted octanol–water partition coefficient (Wildman–Crippen LogP) is 1.20. The normalized spacial score (nSPS) is 18.3. The van der Waals surface area contributed by atoms with Crippen molar-refractivity contribution in [2.45, 2.75) is 30.2 Å². The maximum absolute atomic E-state index is 12.5. The second kappa shape index (κ2) is 9.41. The molecule has 1 aliphatic heterocycles. The molecule has 1 heterocycles. The molecule has 8 heteroatoms. The molecule has 1 aromatic rings. The molecule has 134 valence electrons. The van der Waals surface area contributed by atoms with Crippen molar-refractivity contribution in [1.29, 1.82) is 0 Å². The van der Waals surface area contributed by atoms with Crippen LogP contribution in [-0.2, 0) is 10.0 Å². The molecule has 1 atom stereocenters. The van der Waals surface area contributed by atoms with Crippen molar-refractivity contribution >= 4 is 27.7 Å². The maximum atomic E-state index is 12.5. The van der Waals surface area contributed by atoms with Gasteiger partial charge in [0.05, 0.1) is 4.90 Å². The van der Waals surface area contributed by atoms with E-state index in [1.165, 1.54) is 12.1 Å². The number of benzene rings is 1. The zero-order chi connectivity index (χ0) is 17.4. The highest BCUT2D eigenvalue weighted by Gasteiger charge is 2.22. The number of nitrogens with one attached hydrogen (secondary N) is 3. The summed E-state index contributed by atoms with van der Waals surface area (Å²) in [5, 5.41) is 6.00. The molecule has 0 unspecified atom stereocenters. The van der Waals surface area contributed by atoms with Crippen LogP contribution in [0.15, 0.2) is 29.2 Å². The zero-order valence-electron chi connectivity index (χ0n) is 13.9. The van der Waals surface area contributed by atoms with Crippen LogP contribution in [0.4, 0.5) is 0 Å². The third kappa shape index (κ3) is 5.77. The Bertz CT molecular complexity index is 644. The van der Waals surface area contributed by atoms with Gasteiger partial charge in [0.1, 0.15) is 0 Å². The maximum Gasteiger partial charge on any atom is 0.251 e. The highest BCUT2D eigenvalue weighted by Crippen LogP contribution is 2.14. The Labute approximate surface area is 148 Å². The molecule has 1 aromatic carbocycles. The first-order valence-electron chi connectivity index (χ1n) is 8.13. The second-order valence-corrected chi connectivity index (χ2v) is 8.49. The predicted molar refractivity (Wildman–Crippen MR) is 98.0 cm³/mol. The van der Waals surface area contributed by atoms with Gasteiger partial charge in [-0.3, -0.25) is 4.79 Å². The van der Waals surface area contributed by atoms with Crippen LogP contribution >= 0.6 is 11.8 Å². The van der Waals surface area contributed by atoms with Gasteiger partial charge in [0.15, 0.2) is 0 Å². The van der Waals surface area contributed by atoms with E-state index in [1.54, 1.807) is 23.9 Å². The number of carbonyl (C=O) groups is 1. The average molecular weight is 372 g/mol. The monoisotopic (exact) mass is 371 g/mol. The summed E-state index contributed by atoms with van der Waals surface area (Å²) in [6.45, 7) is 2.14. The van der Waals surface area contributed by atoms with E-state index in [9.17, 15) is 13.2 Å². The highest BCUT2D eigenvalue weighted by atomic mass is 32.2. The summed E-state index contributed by atoms with van der Waals surface area (Å²) in [4.78, 5) is 12.3. The molecule has 0 bridgehead atoms. The number of hydrogen-bond acceptors (Lipinski definition) is 5. The Morgan fingerprint density at radius 1 is 1.42 bits per heavy atom. The SMILES string of the molecule is CSCCCNC(=O)c1cccc(S(=O)(=O)N[C@H]2CCCNC2)c1. The second-order valence-electron chi connectivity index (χ2n) is 5.79. The molecule has 0 aromatic heterocycles. The zero-order valence-corrected chi connectivity index (χ0v) is 15.5. The lowest BCUT2D eigenvalue weighted by atomic mass is 10.1. The van der Waals surface area contributed by atoms with E-state index in [0.717, 1.165) is 31.6 Å². The fourth-order valence-corrected chi connectivity index (χ4v) is 4.31. The fraction of sp³-hybridized carbons (Fsp3) is 0.562. The number of sulfonamides is 1.